The average molecular weight is 380 g/mol. The minimum atomic E-state index is 0.688. The maximum Gasteiger partial charge on any atom is 0.183 e. The van der Waals surface area contributed by atoms with E-state index in [1.165, 1.54) is 54.0 Å². The van der Waals surface area contributed by atoms with Gasteiger partial charge in [0.05, 0.1) is 5.69 Å². The molecule has 2 saturated heterocycles. The number of hydrogen-bond donors (Lipinski definition) is 0. The quantitative estimate of drug-likeness (QED) is 0.552. The summed E-state index contributed by atoms with van der Waals surface area (Å²) < 4.78 is 1.20. The number of fused-ring (bicyclic) bond motifs is 2. The first-order valence-corrected chi connectivity index (χ1v) is 10.00. The number of nitrogens with zero attached hydrogens (tertiary/aromatic N) is 1. The second-order valence-electron chi connectivity index (χ2n) is 7.24. The van der Waals surface area contributed by atoms with Gasteiger partial charge in [-0.15, -0.1) is 0 Å². The van der Waals surface area contributed by atoms with Gasteiger partial charge in [0.2, 0.25) is 0 Å². The van der Waals surface area contributed by atoms with Crippen molar-refractivity contribution in [2.75, 3.05) is 0 Å². The molecule has 2 aliphatic heterocycles. The van der Waals surface area contributed by atoms with Gasteiger partial charge in [0.25, 0.3) is 0 Å². The molecule has 0 atom stereocenters. The summed E-state index contributed by atoms with van der Waals surface area (Å²) in [5.41, 5.74) is 3.93. The molecule has 0 radical (unpaired) electrons. The Hall–Kier alpha value is -1.35. The number of rotatable bonds is 3. The van der Waals surface area contributed by atoms with Crippen molar-refractivity contribution in [1.82, 2.24) is 4.98 Å². The highest BCUT2D eigenvalue weighted by atomic mass is 79.9. The number of benzene rings is 1. The second kappa shape index (κ2) is 7.27. The minimum Gasteiger partial charge on any atom is -0.257 e. The van der Waals surface area contributed by atoms with Crippen molar-refractivity contribution < 1.29 is 0 Å². The smallest absolute Gasteiger partial charge is 0.183 e. The monoisotopic (exact) mass is 379 g/mol. The van der Waals surface area contributed by atoms with E-state index < -0.39 is 0 Å². The van der Waals surface area contributed by atoms with Gasteiger partial charge in [-0.05, 0) is 29.8 Å². The lowest BCUT2D eigenvalue weighted by molar-refractivity contribution is 0.448. The van der Waals surface area contributed by atoms with Gasteiger partial charge < -0.3 is 0 Å². The summed E-state index contributed by atoms with van der Waals surface area (Å²) in [5.74, 6) is 1.69. The van der Waals surface area contributed by atoms with E-state index in [2.05, 4.69) is 63.4 Å². The van der Waals surface area contributed by atoms with Crippen LogP contribution in [0.1, 0.15) is 49.8 Å². The fourth-order valence-electron chi connectivity index (χ4n) is 4.85. The van der Waals surface area contributed by atoms with Crippen LogP contribution in [0.5, 0.6) is 0 Å². The van der Waals surface area contributed by atoms with Gasteiger partial charge >= 0.3 is 0 Å². The summed E-state index contributed by atoms with van der Waals surface area (Å²) in [7, 11) is 0. The van der Waals surface area contributed by atoms with E-state index in [-0.39, 0.29) is 0 Å². The first kappa shape index (κ1) is 16.1. The van der Waals surface area contributed by atoms with E-state index in [1.54, 1.807) is 0 Å². The topological polar surface area (TPSA) is 12.9 Å². The third-order valence-corrected chi connectivity index (χ3v) is 6.54. The zero-order chi connectivity index (χ0) is 16.4. The molecule has 2 bridgehead atoms. The molecule has 1 nitrogen and oxygen atoms in total. The lowest BCUT2D eigenvalue weighted by atomic mass is 9.23. The van der Waals surface area contributed by atoms with Crippen molar-refractivity contribution in [3.05, 3.63) is 64.4 Å². The Morgan fingerprint density at radius 3 is 2.25 bits per heavy atom. The standard InChI is InChI=1S/C21H23BBrN/c23-21-13-2-1-12-19(21)20(15-18-11-3-4-14-24-18)22-16-7-5-8-17(22)10-6-9-16/h1-4,11-17H,5-10H2/b20-15-. The molecular weight excluding hydrogens is 357 g/mol. The lowest BCUT2D eigenvalue weighted by Crippen LogP contribution is -2.36. The Balaban J connectivity index is 1.82. The van der Waals surface area contributed by atoms with E-state index in [0.717, 1.165) is 17.3 Å². The Morgan fingerprint density at radius 1 is 0.958 bits per heavy atom. The minimum absolute atomic E-state index is 0.688. The molecule has 0 unspecified atom stereocenters. The SMILES string of the molecule is Brc1ccccc1/C(=C/c1ccccn1)B1C2CCCC1CCC2. The maximum atomic E-state index is 4.57. The van der Waals surface area contributed by atoms with E-state index in [9.17, 15) is 0 Å². The van der Waals surface area contributed by atoms with Crippen LogP contribution in [-0.4, -0.2) is 11.7 Å². The van der Waals surface area contributed by atoms with E-state index in [1.807, 2.05) is 12.3 Å². The van der Waals surface area contributed by atoms with Gasteiger partial charge in [0.1, 0.15) is 0 Å². The zero-order valence-electron chi connectivity index (χ0n) is 14.0. The Kier molecular flexibility index (Phi) is 4.89. The molecule has 24 heavy (non-hydrogen) atoms. The van der Waals surface area contributed by atoms with Crippen molar-refractivity contribution in [2.45, 2.75) is 50.2 Å². The average Bonchev–Trinajstić information content (AvgIpc) is 2.61. The van der Waals surface area contributed by atoms with Gasteiger partial charge in [-0.25, -0.2) is 0 Å². The van der Waals surface area contributed by atoms with E-state index in [4.69, 9.17) is 0 Å². The fourth-order valence-corrected chi connectivity index (χ4v) is 5.37. The summed E-state index contributed by atoms with van der Waals surface area (Å²) in [6.45, 7) is 0.688. The molecule has 1 aromatic heterocycles. The van der Waals surface area contributed by atoms with Crippen LogP contribution in [0.3, 0.4) is 0 Å². The lowest BCUT2D eigenvalue weighted by Gasteiger charge is -2.42. The maximum absolute atomic E-state index is 4.57. The largest absolute Gasteiger partial charge is 0.257 e. The molecule has 122 valence electrons. The number of pyridine rings is 1. The second-order valence-corrected chi connectivity index (χ2v) is 8.10. The van der Waals surface area contributed by atoms with Gasteiger partial charge in [-0.1, -0.05) is 95.8 Å². The summed E-state index contributed by atoms with van der Waals surface area (Å²) in [4.78, 5) is 4.57. The Labute approximate surface area is 153 Å². The highest BCUT2D eigenvalue weighted by Gasteiger charge is 2.41. The van der Waals surface area contributed by atoms with Crippen molar-refractivity contribution in [1.29, 1.82) is 0 Å². The summed E-state index contributed by atoms with van der Waals surface area (Å²) in [6.07, 6.45) is 12.6. The zero-order valence-corrected chi connectivity index (χ0v) is 15.6. The third-order valence-electron chi connectivity index (χ3n) is 5.85. The molecule has 2 aromatic rings. The first-order valence-electron chi connectivity index (χ1n) is 9.20. The molecule has 2 fully saturated rings. The summed E-state index contributed by atoms with van der Waals surface area (Å²) in [6, 6.07) is 14.9. The van der Waals surface area contributed by atoms with Crippen LogP contribution in [-0.2, 0) is 0 Å². The van der Waals surface area contributed by atoms with Crippen LogP contribution < -0.4 is 0 Å². The highest BCUT2D eigenvalue weighted by molar-refractivity contribution is 9.10. The molecule has 0 aliphatic carbocycles. The normalized spacial score (nSPS) is 24.0. The predicted octanol–water partition coefficient (Wildman–Crippen LogP) is 6.53. The molecule has 0 spiro atoms. The Bertz CT molecular complexity index is 706. The molecule has 3 heterocycles. The summed E-state index contributed by atoms with van der Waals surface area (Å²) in [5, 5.41) is 0. The number of halogens is 1. The third kappa shape index (κ3) is 3.24. The van der Waals surface area contributed by atoms with Crippen LogP contribution in [0.15, 0.2) is 53.1 Å². The summed E-state index contributed by atoms with van der Waals surface area (Å²) >= 11 is 3.80. The van der Waals surface area contributed by atoms with Crippen molar-refractivity contribution in [3.8, 4) is 0 Å². The molecule has 0 N–H and O–H groups in total. The van der Waals surface area contributed by atoms with Gasteiger partial charge in [0, 0.05) is 10.7 Å². The van der Waals surface area contributed by atoms with Crippen molar-refractivity contribution in [2.24, 2.45) is 0 Å². The van der Waals surface area contributed by atoms with E-state index >= 15 is 0 Å². The predicted molar refractivity (Wildman–Crippen MR) is 107 cm³/mol. The number of hydrogen-bond acceptors (Lipinski definition) is 1. The van der Waals surface area contributed by atoms with Gasteiger partial charge in [-0.2, -0.15) is 0 Å². The molecule has 4 rings (SSSR count). The van der Waals surface area contributed by atoms with Crippen LogP contribution in [0.4, 0.5) is 0 Å². The van der Waals surface area contributed by atoms with Crippen LogP contribution in [0, 0.1) is 0 Å². The fraction of sp³-hybridized carbons (Fsp3) is 0.381. The van der Waals surface area contributed by atoms with Crippen molar-refractivity contribution >= 4 is 34.2 Å². The Morgan fingerprint density at radius 2 is 1.62 bits per heavy atom. The van der Waals surface area contributed by atoms with Gasteiger partial charge in [0.15, 0.2) is 6.71 Å². The van der Waals surface area contributed by atoms with Crippen LogP contribution in [0.2, 0.25) is 11.6 Å². The molecular formula is C21H23BBrN. The highest BCUT2D eigenvalue weighted by Crippen LogP contribution is 2.51. The van der Waals surface area contributed by atoms with Crippen LogP contribution in [0.25, 0.3) is 11.5 Å². The van der Waals surface area contributed by atoms with Crippen LogP contribution >= 0.6 is 15.9 Å². The number of aromatic nitrogens is 1. The van der Waals surface area contributed by atoms with E-state index in [0.29, 0.717) is 6.71 Å². The first-order chi connectivity index (χ1) is 11.8. The molecule has 0 saturated carbocycles. The molecule has 0 amide bonds. The van der Waals surface area contributed by atoms with Gasteiger partial charge in [-0.3, -0.25) is 4.98 Å². The molecule has 2 aliphatic rings. The van der Waals surface area contributed by atoms with Crippen molar-refractivity contribution in [3.63, 3.8) is 0 Å². The molecule has 3 heteroatoms. The molecule has 1 aromatic carbocycles.